The number of halogens is 2. The average molecular weight is 538 g/mol. The van der Waals surface area contributed by atoms with E-state index in [4.69, 9.17) is 9.47 Å². The average Bonchev–Trinajstić information content (AvgIpc) is 2.87. The Kier molecular flexibility index (Phi) is 9.49. The second kappa shape index (κ2) is 12.4. The summed E-state index contributed by atoms with van der Waals surface area (Å²) in [6, 6.07) is 13.7. The second-order valence-electron chi connectivity index (χ2n) is 10.7. The van der Waals surface area contributed by atoms with Crippen molar-refractivity contribution in [2.45, 2.75) is 53.6 Å². The first-order valence-electron chi connectivity index (χ1n) is 13.1. The van der Waals surface area contributed by atoms with E-state index in [0.717, 1.165) is 17.5 Å². The maximum Gasteiger partial charge on any atom is 0.422 e. The van der Waals surface area contributed by atoms with Crippen LogP contribution in [0.5, 0.6) is 5.75 Å². The molecule has 0 fully saturated rings. The topological polar surface area (TPSA) is 55.8 Å². The fourth-order valence-corrected chi connectivity index (χ4v) is 4.16. The standard InChI is InChI=1S/C32H37F2NO4/c1-7-38-30(37)20-29(36)35(21-23-8-14-26(15-9-23)31(4,5)6)27-16-10-24(11-17-27)25-12-18-28(19-13-25)39-32(33,34)22(2)3/h8,10-19,23H,2,7,9,20-21H2,1,3-6H3. The molecule has 0 heterocycles. The minimum Gasteiger partial charge on any atom is -0.466 e. The van der Waals surface area contributed by atoms with Crippen molar-refractivity contribution >= 4 is 17.6 Å². The molecule has 7 heteroatoms. The van der Waals surface area contributed by atoms with Crippen LogP contribution in [0, 0.1) is 11.3 Å². The first-order chi connectivity index (χ1) is 18.3. The smallest absolute Gasteiger partial charge is 0.422 e. The fraction of sp³-hybridized carbons (Fsp3) is 0.375. The molecule has 0 saturated heterocycles. The first-order valence-corrected chi connectivity index (χ1v) is 13.1. The van der Waals surface area contributed by atoms with Gasteiger partial charge >= 0.3 is 12.1 Å². The number of nitrogens with zero attached hydrogens (tertiary/aromatic N) is 1. The Morgan fingerprint density at radius 1 is 1.03 bits per heavy atom. The third-order valence-corrected chi connectivity index (χ3v) is 6.48. The number of hydrogen-bond donors (Lipinski definition) is 0. The largest absolute Gasteiger partial charge is 0.466 e. The van der Waals surface area contributed by atoms with Gasteiger partial charge in [-0.3, -0.25) is 9.59 Å². The molecule has 0 aromatic heterocycles. The van der Waals surface area contributed by atoms with Crippen LogP contribution in [0.4, 0.5) is 14.5 Å². The van der Waals surface area contributed by atoms with Crippen molar-refractivity contribution in [2.75, 3.05) is 18.1 Å². The molecule has 1 amide bonds. The molecular formula is C32H37F2NO4. The highest BCUT2D eigenvalue weighted by molar-refractivity contribution is 6.03. The maximum atomic E-state index is 13.8. The number of amides is 1. The molecule has 0 radical (unpaired) electrons. The molecule has 2 aromatic carbocycles. The molecular weight excluding hydrogens is 500 g/mol. The van der Waals surface area contributed by atoms with Crippen LogP contribution in [0.2, 0.25) is 0 Å². The number of carbonyl (C=O) groups excluding carboxylic acids is 2. The van der Waals surface area contributed by atoms with Crippen LogP contribution in [0.3, 0.4) is 0 Å². The molecule has 1 aliphatic carbocycles. The van der Waals surface area contributed by atoms with Crippen LogP contribution in [-0.2, 0) is 14.3 Å². The van der Waals surface area contributed by atoms with Gasteiger partial charge in [-0.1, -0.05) is 69.8 Å². The molecule has 0 spiro atoms. The minimum atomic E-state index is -3.44. The van der Waals surface area contributed by atoms with Gasteiger partial charge < -0.3 is 14.4 Å². The number of esters is 1. The van der Waals surface area contributed by atoms with Gasteiger partial charge in [0.1, 0.15) is 12.2 Å². The van der Waals surface area contributed by atoms with Gasteiger partial charge in [-0.2, -0.15) is 8.78 Å². The van der Waals surface area contributed by atoms with Gasteiger partial charge in [0.25, 0.3) is 0 Å². The van der Waals surface area contributed by atoms with Crippen molar-refractivity contribution in [3.05, 3.63) is 84.5 Å². The highest BCUT2D eigenvalue weighted by Gasteiger charge is 2.32. The van der Waals surface area contributed by atoms with Crippen LogP contribution < -0.4 is 9.64 Å². The van der Waals surface area contributed by atoms with Crippen LogP contribution in [0.1, 0.15) is 47.5 Å². The number of anilines is 1. The van der Waals surface area contributed by atoms with Crippen LogP contribution in [-0.4, -0.2) is 31.1 Å². The van der Waals surface area contributed by atoms with E-state index in [-0.39, 0.29) is 41.6 Å². The summed E-state index contributed by atoms with van der Waals surface area (Å²) in [5, 5.41) is 0. The molecule has 0 N–H and O–H groups in total. The highest BCUT2D eigenvalue weighted by Crippen LogP contribution is 2.33. The summed E-state index contributed by atoms with van der Waals surface area (Å²) in [5.41, 5.74) is 3.23. The first kappa shape index (κ1) is 29.8. The molecule has 3 rings (SSSR count). The van der Waals surface area contributed by atoms with Gasteiger partial charge in [-0.25, -0.2) is 0 Å². The zero-order valence-electron chi connectivity index (χ0n) is 23.3. The summed E-state index contributed by atoms with van der Waals surface area (Å²) in [6.07, 6.45) is 3.46. The quantitative estimate of drug-likeness (QED) is 0.177. The van der Waals surface area contributed by atoms with Crippen LogP contribution in [0.25, 0.3) is 11.1 Å². The Hall–Kier alpha value is -3.74. The summed E-state index contributed by atoms with van der Waals surface area (Å²) in [5.74, 6) is -0.756. The molecule has 1 aliphatic rings. The van der Waals surface area contributed by atoms with Gasteiger partial charge in [0.2, 0.25) is 5.91 Å². The molecule has 5 nitrogen and oxygen atoms in total. The molecule has 39 heavy (non-hydrogen) atoms. The van der Waals surface area contributed by atoms with Gasteiger partial charge in [0.05, 0.1) is 6.61 Å². The van der Waals surface area contributed by atoms with Crippen molar-refractivity contribution in [1.82, 2.24) is 0 Å². The predicted molar refractivity (Wildman–Crippen MR) is 151 cm³/mol. The summed E-state index contributed by atoms with van der Waals surface area (Å²) in [7, 11) is 0. The number of carbonyl (C=O) groups is 2. The van der Waals surface area contributed by atoms with Crippen molar-refractivity contribution in [2.24, 2.45) is 11.3 Å². The van der Waals surface area contributed by atoms with Crippen molar-refractivity contribution < 1.29 is 27.8 Å². The molecule has 1 unspecified atom stereocenters. The highest BCUT2D eigenvalue weighted by atomic mass is 19.3. The summed E-state index contributed by atoms with van der Waals surface area (Å²) in [4.78, 5) is 26.9. The third-order valence-electron chi connectivity index (χ3n) is 6.48. The van der Waals surface area contributed by atoms with E-state index >= 15 is 0 Å². The Morgan fingerprint density at radius 2 is 1.62 bits per heavy atom. The predicted octanol–water partition coefficient (Wildman–Crippen LogP) is 7.74. The lowest BCUT2D eigenvalue weighted by molar-refractivity contribution is -0.145. The molecule has 0 bridgehead atoms. The lowest BCUT2D eigenvalue weighted by Gasteiger charge is -2.29. The van der Waals surface area contributed by atoms with Gasteiger partial charge in [0, 0.05) is 17.8 Å². The monoisotopic (exact) mass is 537 g/mol. The number of hydrogen-bond acceptors (Lipinski definition) is 4. The maximum absolute atomic E-state index is 13.8. The third kappa shape index (κ3) is 8.12. The Morgan fingerprint density at radius 3 is 2.10 bits per heavy atom. The van der Waals surface area contributed by atoms with Gasteiger partial charge in [-0.15, -0.1) is 0 Å². The summed E-state index contributed by atoms with van der Waals surface area (Å²) >= 11 is 0. The van der Waals surface area contributed by atoms with E-state index in [9.17, 15) is 18.4 Å². The Bertz CT molecular complexity index is 1240. The minimum absolute atomic E-state index is 0.0308. The van der Waals surface area contributed by atoms with Crippen LogP contribution in [0.15, 0.2) is 84.5 Å². The van der Waals surface area contributed by atoms with Gasteiger partial charge in [-0.05, 0) is 72.6 Å². The SMILES string of the molecule is C=C(C)C(F)(F)Oc1ccc(-c2ccc(N(CC3C=CC(C(C)(C)C)=CC3)C(=O)CC(=O)OCC)cc2)cc1. The summed E-state index contributed by atoms with van der Waals surface area (Å²) in [6.45, 7) is 13.3. The number of benzene rings is 2. The number of allylic oxidation sites excluding steroid dienone is 3. The van der Waals surface area contributed by atoms with Crippen molar-refractivity contribution in [1.29, 1.82) is 0 Å². The zero-order chi connectivity index (χ0) is 28.8. The van der Waals surface area contributed by atoms with E-state index in [1.165, 1.54) is 24.6 Å². The molecule has 208 valence electrons. The number of rotatable bonds is 10. The number of alkyl halides is 2. The lowest BCUT2D eigenvalue weighted by atomic mass is 9.81. The molecule has 0 saturated carbocycles. The van der Waals surface area contributed by atoms with E-state index in [2.05, 4.69) is 45.6 Å². The molecule has 1 atom stereocenters. The lowest BCUT2D eigenvalue weighted by Crippen LogP contribution is -2.37. The van der Waals surface area contributed by atoms with Crippen molar-refractivity contribution in [3.63, 3.8) is 0 Å². The van der Waals surface area contributed by atoms with Crippen molar-refractivity contribution in [3.8, 4) is 16.9 Å². The Balaban J connectivity index is 1.79. The van der Waals surface area contributed by atoms with Crippen LogP contribution >= 0.6 is 0 Å². The fourth-order valence-electron chi connectivity index (χ4n) is 4.16. The van der Waals surface area contributed by atoms with E-state index in [0.29, 0.717) is 12.2 Å². The zero-order valence-corrected chi connectivity index (χ0v) is 23.3. The summed E-state index contributed by atoms with van der Waals surface area (Å²) < 4.78 is 37.4. The van der Waals surface area contributed by atoms with E-state index in [1.54, 1.807) is 24.0 Å². The van der Waals surface area contributed by atoms with Gasteiger partial charge in [0.15, 0.2) is 0 Å². The van der Waals surface area contributed by atoms with E-state index in [1.807, 2.05) is 24.3 Å². The Labute approximate surface area is 229 Å². The second-order valence-corrected chi connectivity index (χ2v) is 10.7. The normalized spacial score (nSPS) is 15.4. The molecule has 2 aromatic rings. The van der Waals surface area contributed by atoms with E-state index < -0.39 is 12.1 Å². The number of ether oxygens (including phenoxy) is 2. The molecule has 0 aliphatic heterocycles.